The third-order valence-electron chi connectivity index (χ3n) is 4.97. The van der Waals surface area contributed by atoms with Gasteiger partial charge < -0.3 is 15.2 Å². The maximum absolute atomic E-state index is 11.7. The number of hydrogen-bond donors (Lipinski definition) is 2. The predicted molar refractivity (Wildman–Crippen MR) is 123 cm³/mol. The molecule has 1 unspecified atom stereocenters. The van der Waals surface area contributed by atoms with Gasteiger partial charge in [-0.05, 0) is 23.3 Å². The first kappa shape index (κ1) is 21.1. The molecule has 0 saturated carbocycles. The zero-order valence-corrected chi connectivity index (χ0v) is 17.4. The molecule has 3 aromatic carbocycles. The molecule has 1 aromatic heterocycles. The Morgan fingerprint density at radius 3 is 2.25 bits per heavy atom. The number of carboxylic acids is 1. The van der Waals surface area contributed by atoms with Gasteiger partial charge in [0.15, 0.2) is 0 Å². The Kier molecular flexibility index (Phi) is 6.72. The van der Waals surface area contributed by atoms with Crippen molar-refractivity contribution < 1.29 is 14.6 Å². The first-order valence-corrected chi connectivity index (χ1v) is 10.3. The highest BCUT2D eigenvalue weighted by Crippen LogP contribution is 2.21. The summed E-state index contributed by atoms with van der Waals surface area (Å²) in [5, 5.41) is 12.6. The van der Waals surface area contributed by atoms with Crippen LogP contribution >= 0.6 is 0 Å². The number of aromatic nitrogens is 2. The summed E-state index contributed by atoms with van der Waals surface area (Å²) in [6.45, 7) is 0.473. The molecule has 0 aliphatic heterocycles. The van der Waals surface area contributed by atoms with Crippen LogP contribution in [0, 0.1) is 0 Å². The fourth-order valence-corrected chi connectivity index (χ4v) is 3.28. The van der Waals surface area contributed by atoms with Gasteiger partial charge in [0.1, 0.15) is 30.5 Å². The Bertz CT molecular complexity index is 1150. The van der Waals surface area contributed by atoms with Crippen molar-refractivity contribution in [3.05, 3.63) is 108 Å². The van der Waals surface area contributed by atoms with E-state index < -0.39 is 12.0 Å². The van der Waals surface area contributed by atoms with Crippen LogP contribution in [0.1, 0.15) is 11.1 Å². The molecule has 0 saturated heterocycles. The van der Waals surface area contributed by atoms with Crippen LogP contribution in [0.15, 0.2) is 97.3 Å². The van der Waals surface area contributed by atoms with Crippen LogP contribution in [-0.4, -0.2) is 27.1 Å². The van der Waals surface area contributed by atoms with Crippen molar-refractivity contribution >= 4 is 11.8 Å². The molecule has 6 heteroatoms. The number of nitrogens with one attached hydrogen (secondary N) is 1. The largest absolute Gasteiger partial charge is 0.489 e. The van der Waals surface area contributed by atoms with Crippen LogP contribution in [0.4, 0.5) is 5.82 Å². The normalized spacial score (nSPS) is 11.5. The number of para-hydroxylation sites is 1. The molecule has 6 nitrogen and oxygen atoms in total. The molecule has 0 aliphatic carbocycles. The van der Waals surface area contributed by atoms with Crippen LogP contribution in [0.3, 0.4) is 0 Å². The molecule has 0 bridgehead atoms. The Balaban J connectivity index is 1.43. The summed E-state index contributed by atoms with van der Waals surface area (Å²) in [6.07, 6.45) is 1.79. The smallest absolute Gasteiger partial charge is 0.326 e. The van der Waals surface area contributed by atoms with Crippen LogP contribution in [0.5, 0.6) is 5.75 Å². The molecule has 0 aliphatic rings. The first-order valence-electron chi connectivity index (χ1n) is 10.3. The minimum Gasteiger partial charge on any atom is -0.489 e. The van der Waals surface area contributed by atoms with Crippen molar-refractivity contribution in [1.29, 1.82) is 0 Å². The number of ether oxygens (including phenoxy) is 1. The molecule has 1 atom stereocenters. The molecule has 4 rings (SSSR count). The highest BCUT2D eigenvalue weighted by molar-refractivity contribution is 5.77. The van der Waals surface area contributed by atoms with Crippen molar-refractivity contribution in [2.45, 2.75) is 19.1 Å². The quantitative estimate of drug-likeness (QED) is 0.400. The lowest BCUT2D eigenvalue weighted by molar-refractivity contribution is -0.137. The van der Waals surface area contributed by atoms with Gasteiger partial charge in [-0.25, -0.2) is 14.8 Å². The number of anilines is 1. The van der Waals surface area contributed by atoms with Gasteiger partial charge in [0.25, 0.3) is 0 Å². The second-order valence-electron chi connectivity index (χ2n) is 7.31. The predicted octanol–water partition coefficient (Wildman–Crippen LogP) is 4.83. The molecule has 32 heavy (non-hydrogen) atoms. The summed E-state index contributed by atoms with van der Waals surface area (Å²) in [4.78, 5) is 20.3. The monoisotopic (exact) mass is 425 g/mol. The summed E-state index contributed by atoms with van der Waals surface area (Å²) in [5.41, 5.74) is 3.60. The van der Waals surface area contributed by atoms with E-state index in [9.17, 15) is 9.90 Å². The van der Waals surface area contributed by atoms with E-state index in [4.69, 9.17) is 4.74 Å². The third-order valence-corrected chi connectivity index (χ3v) is 4.97. The third kappa shape index (κ3) is 5.70. The van der Waals surface area contributed by atoms with Crippen molar-refractivity contribution in [3.8, 4) is 17.0 Å². The topological polar surface area (TPSA) is 84.3 Å². The number of aliphatic carboxylic acids is 1. The Labute approximate surface area is 186 Å². The van der Waals surface area contributed by atoms with Gasteiger partial charge in [-0.1, -0.05) is 72.8 Å². The van der Waals surface area contributed by atoms with Crippen molar-refractivity contribution in [1.82, 2.24) is 9.97 Å². The van der Waals surface area contributed by atoms with Crippen LogP contribution < -0.4 is 10.1 Å². The van der Waals surface area contributed by atoms with Gasteiger partial charge in [-0.15, -0.1) is 0 Å². The summed E-state index contributed by atoms with van der Waals surface area (Å²) >= 11 is 0. The summed E-state index contributed by atoms with van der Waals surface area (Å²) in [7, 11) is 0. The van der Waals surface area contributed by atoms with E-state index in [-0.39, 0.29) is 0 Å². The van der Waals surface area contributed by atoms with Crippen LogP contribution in [-0.2, 0) is 17.8 Å². The number of carbonyl (C=O) groups is 1. The van der Waals surface area contributed by atoms with Gasteiger partial charge in [0, 0.05) is 18.1 Å². The van der Waals surface area contributed by atoms with Crippen molar-refractivity contribution in [2.24, 2.45) is 0 Å². The van der Waals surface area contributed by atoms with Gasteiger partial charge in [0.05, 0.1) is 5.69 Å². The maximum atomic E-state index is 11.7. The lowest BCUT2D eigenvalue weighted by Crippen LogP contribution is -2.31. The van der Waals surface area contributed by atoms with Gasteiger partial charge in [0.2, 0.25) is 0 Å². The van der Waals surface area contributed by atoms with E-state index in [2.05, 4.69) is 15.3 Å². The zero-order valence-electron chi connectivity index (χ0n) is 17.4. The van der Waals surface area contributed by atoms with E-state index in [0.717, 1.165) is 22.4 Å². The van der Waals surface area contributed by atoms with Crippen molar-refractivity contribution in [3.63, 3.8) is 0 Å². The lowest BCUT2D eigenvalue weighted by atomic mass is 10.1. The summed E-state index contributed by atoms with van der Waals surface area (Å²) in [5.74, 6) is 0.359. The average molecular weight is 425 g/mol. The van der Waals surface area contributed by atoms with Crippen LogP contribution in [0.25, 0.3) is 11.3 Å². The number of carboxylic acid groups (broad SMARTS) is 1. The number of hydrogen-bond acceptors (Lipinski definition) is 5. The summed E-state index contributed by atoms with van der Waals surface area (Å²) in [6, 6.07) is 28.1. The fourth-order valence-electron chi connectivity index (χ4n) is 3.28. The van der Waals surface area contributed by atoms with E-state index in [1.54, 1.807) is 6.07 Å². The minimum atomic E-state index is -0.934. The van der Waals surface area contributed by atoms with Crippen molar-refractivity contribution in [2.75, 3.05) is 5.32 Å². The first-order chi connectivity index (χ1) is 15.7. The molecule has 1 heterocycles. The minimum absolute atomic E-state index is 0.353. The van der Waals surface area contributed by atoms with Gasteiger partial charge >= 0.3 is 5.97 Å². The standard InChI is InChI=1S/C26H23N3O3/c30-26(31)24(15-19-7-3-1-4-8-19)29-25-16-23(27-18-28-25)21-13-11-20(12-14-21)17-32-22-9-5-2-6-10-22/h1-14,16,18,24H,15,17H2,(H,30,31)(H,27,28,29). The SMILES string of the molecule is O=C(O)C(Cc1ccccc1)Nc1cc(-c2ccc(COc3ccccc3)cc2)ncn1. The molecule has 0 fully saturated rings. The molecule has 160 valence electrons. The second kappa shape index (κ2) is 10.2. The molecule has 4 aromatic rings. The molecule has 0 amide bonds. The molecule has 0 spiro atoms. The number of benzene rings is 3. The molecular formula is C26H23N3O3. The second-order valence-corrected chi connectivity index (χ2v) is 7.31. The van der Waals surface area contributed by atoms with Crippen LogP contribution in [0.2, 0.25) is 0 Å². The average Bonchev–Trinajstić information content (AvgIpc) is 2.84. The summed E-state index contributed by atoms with van der Waals surface area (Å²) < 4.78 is 5.78. The fraction of sp³-hybridized carbons (Fsp3) is 0.115. The Morgan fingerprint density at radius 1 is 0.875 bits per heavy atom. The Morgan fingerprint density at radius 2 is 1.56 bits per heavy atom. The highest BCUT2D eigenvalue weighted by atomic mass is 16.5. The molecule has 2 N–H and O–H groups in total. The Hall–Kier alpha value is -4.19. The maximum Gasteiger partial charge on any atom is 0.326 e. The van der Waals surface area contributed by atoms with E-state index >= 15 is 0 Å². The van der Waals surface area contributed by atoms with Gasteiger partial charge in [-0.2, -0.15) is 0 Å². The lowest BCUT2D eigenvalue weighted by Gasteiger charge is -2.15. The van der Waals surface area contributed by atoms with E-state index in [0.29, 0.717) is 24.5 Å². The van der Waals surface area contributed by atoms with Gasteiger partial charge in [-0.3, -0.25) is 0 Å². The zero-order chi connectivity index (χ0) is 22.2. The molecular weight excluding hydrogens is 402 g/mol. The number of rotatable bonds is 9. The van der Waals surface area contributed by atoms with E-state index in [1.807, 2.05) is 84.9 Å². The van der Waals surface area contributed by atoms with E-state index in [1.165, 1.54) is 6.33 Å². The number of nitrogens with zero attached hydrogens (tertiary/aromatic N) is 2. The highest BCUT2D eigenvalue weighted by Gasteiger charge is 2.18. The molecule has 0 radical (unpaired) electrons.